The summed E-state index contributed by atoms with van der Waals surface area (Å²) in [7, 11) is 0. The molecule has 5 rings (SSSR count). The Kier molecular flexibility index (Phi) is 5.24. The Labute approximate surface area is 201 Å². The molecule has 11 atom stereocenters. The molecule has 0 aromatic rings. The summed E-state index contributed by atoms with van der Waals surface area (Å²) in [5.74, 6) is 2.32. The predicted molar refractivity (Wildman–Crippen MR) is 132 cm³/mol. The molecule has 5 aliphatic rings. The molecule has 0 radical (unpaired) electrons. The van der Waals surface area contributed by atoms with Gasteiger partial charge in [0.1, 0.15) is 6.29 Å². The van der Waals surface area contributed by atoms with Crippen molar-refractivity contribution < 1.29 is 15.0 Å². The topological polar surface area (TPSA) is 57.5 Å². The van der Waals surface area contributed by atoms with E-state index >= 15 is 0 Å². The highest BCUT2D eigenvalue weighted by molar-refractivity contribution is 5.63. The lowest BCUT2D eigenvalue weighted by Gasteiger charge is -2.72. The van der Waals surface area contributed by atoms with Gasteiger partial charge in [-0.1, -0.05) is 60.1 Å². The second-order valence-corrected chi connectivity index (χ2v) is 14.6. The van der Waals surface area contributed by atoms with E-state index in [0.717, 1.165) is 32.1 Å². The zero-order valence-corrected chi connectivity index (χ0v) is 22.2. The smallest absolute Gasteiger partial charge is 0.126 e. The molecule has 0 saturated heterocycles. The number of aliphatic hydroxyl groups is 2. The van der Waals surface area contributed by atoms with Crippen molar-refractivity contribution in [1.82, 2.24) is 0 Å². The van der Waals surface area contributed by atoms with Gasteiger partial charge in [-0.15, -0.1) is 0 Å². The first-order chi connectivity index (χ1) is 15.3. The SMILES string of the molecule is C[C@H]1[C@H](C)CC[C@]2(C=O)CC[C@]3(C)C(=CC[C@@H]4[C@@]5(C)C(O)C(O)CC(C)(C)[C@@H]5CC[C@]43C)[C@H]12. The Hall–Kier alpha value is -0.670. The van der Waals surface area contributed by atoms with Gasteiger partial charge in [0, 0.05) is 10.8 Å². The second kappa shape index (κ2) is 7.19. The van der Waals surface area contributed by atoms with Crippen LogP contribution in [0.3, 0.4) is 0 Å². The van der Waals surface area contributed by atoms with Gasteiger partial charge in [0.2, 0.25) is 0 Å². The average Bonchev–Trinajstić information content (AvgIpc) is 2.75. The summed E-state index contributed by atoms with van der Waals surface area (Å²) in [6.45, 7) is 16.7. The van der Waals surface area contributed by atoms with E-state index in [1.165, 1.54) is 19.1 Å². The van der Waals surface area contributed by atoms with Crippen molar-refractivity contribution in [2.75, 3.05) is 0 Å². The largest absolute Gasteiger partial charge is 0.390 e. The lowest BCUT2D eigenvalue weighted by Crippen LogP contribution is -2.68. The van der Waals surface area contributed by atoms with Crippen LogP contribution in [0.5, 0.6) is 0 Å². The molecule has 0 aliphatic heterocycles. The fraction of sp³-hybridized carbons (Fsp3) is 0.900. The van der Waals surface area contributed by atoms with Gasteiger partial charge in [-0.05, 0) is 97.2 Å². The Morgan fingerprint density at radius 2 is 1.64 bits per heavy atom. The van der Waals surface area contributed by atoms with E-state index in [9.17, 15) is 15.0 Å². The molecule has 0 bridgehead atoms. The third kappa shape index (κ3) is 2.79. The standard InChI is InChI=1S/C30H48O3/c1-18-10-13-30(17-31)15-14-27(5)20(24(30)19(18)2)8-9-23-28(27,6)12-11-22-26(3,4)16-21(32)25(33)29(22,23)7/h8,17-19,21-25,32-33H,9-16H2,1-7H3/t18-,19+,21?,22+,23+,24+,25?,27-,28-,29+,30-/m1/s1. The van der Waals surface area contributed by atoms with Gasteiger partial charge in [-0.3, -0.25) is 0 Å². The number of hydrogen-bond donors (Lipinski definition) is 2. The number of carbonyl (C=O) groups is 1. The number of fused-ring (bicyclic) bond motifs is 7. The zero-order valence-electron chi connectivity index (χ0n) is 22.2. The monoisotopic (exact) mass is 456 g/mol. The minimum Gasteiger partial charge on any atom is -0.390 e. The maximum Gasteiger partial charge on any atom is 0.126 e. The normalized spacial score (nSPS) is 57.6. The summed E-state index contributed by atoms with van der Waals surface area (Å²) in [5, 5.41) is 22.5. The molecule has 4 saturated carbocycles. The lowest BCUT2D eigenvalue weighted by atomic mass is 9.33. The van der Waals surface area contributed by atoms with Crippen molar-refractivity contribution in [1.29, 1.82) is 0 Å². The van der Waals surface area contributed by atoms with Gasteiger partial charge in [0.25, 0.3) is 0 Å². The van der Waals surface area contributed by atoms with E-state index in [2.05, 4.69) is 54.5 Å². The van der Waals surface area contributed by atoms with Gasteiger partial charge in [-0.2, -0.15) is 0 Å². The summed E-state index contributed by atoms with van der Waals surface area (Å²) in [5.41, 5.74) is 1.27. The van der Waals surface area contributed by atoms with Crippen molar-refractivity contribution in [3.05, 3.63) is 11.6 Å². The first-order valence-corrected chi connectivity index (χ1v) is 13.8. The third-order valence-corrected chi connectivity index (χ3v) is 13.1. The first-order valence-electron chi connectivity index (χ1n) is 13.8. The van der Waals surface area contributed by atoms with Gasteiger partial charge < -0.3 is 15.0 Å². The molecule has 3 heteroatoms. The van der Waals surface area contributed by atoms with Gasteiger partial charge in [0.15, 0.2) is 0 Å². The number of aliphatic hydroxyl groups excluding tert-OH is 2. The van der Waals surface area contributed by atoms with Crippen LogP contribution in [0.1, 0.15) is 99.8 Å². The van der Waals surface area contributed by atoms with E-state index in [1.807, 2.05) is 0 Å². The highest BCUT2D eigenvalue weighted by Gasteiger charge is 2.70. The van der Waals surface area contributed by atoms with E-state index < -0.39 is 12.2 Å². The van der Waals surface area contributed by atoms with Gasteiger partial charge in [-0.25, -0.2) is 0 Å². The summed E-state index contributed by atoms with van der Waals surface area (Å²) in [6.07, 6.45) is 10.8. The molecule has 2 unspecified atom stereocenters. The number of aldehydes is 1. The van der Waals surface area contributed by atoms with E-state index in [4.69, 9.17) is 0 Å². The summed E-state index contributed by atoms with van der Waals surface area (Å²) in [6, 6.07) is 0. The maximum absolute atomic E-state index is 12.6. The molecule has 33 heavy (non-hydrogen) atoms. The predicted octanol–water partition coefficient (Wildman–Crippen LogP) is 6.17. The van der Waals surface area contributed by atoms with Crippen LogP contribution in [0.25, 0.3) is 0 Å². The molecule has 0 aromatic heterocycles. The van der Waals surface area contributed by atoms with Gasteiger partial charge in [0.05, 0.1) is 12.2 Å². The van der Waals surface area contributed by atoms with Crippen molar-refractivity contribution in [3.63, 3.8) is 0 Å². The molecule has 3 nitrogen and oxygen atoms in total. The highest BCUT2D eigenvalue weighted by Crippen LogP contribution is 2.75. The van der Waals surface area contributed by atoms with E-state index in [-0.39, 0.29) is 27.1 Å². The number of rotatable bonds is 1. The number of allylic oxidation sites excluding steroid dienone is 2. The summed E-state index contributed by atoms with van der Waals surface area (Å²) in [4.78, 5) is 12.6. The van der Waals surface area contributed by atoms with Gasteiger partial charge >= 0.3 is 0 Å². The lowest BCUT2D eigenvalue weighted by molar-refractivity contribution is -0.246. The summed E-state index contributed by atoms with van der Waals surface area (Å²) >= 11 is 0. The minimum absolute atomic E-state index is 0.0339. The Morgan fingerprint density at radius 1 is 0.939 bits per heavy atom. The molecule has 0 spiro atoms. The molecular weight excluding hydrogens is 408 g/mol. The molecular formula is C30H48O3. The number of hydrogen-bond acceptors (Lipinski definition) is 3. The molecule has 5 aliphatic carbocycles. The Bertz CT molecular complexity index is 861. The van der Waals surface area contributed by atoms with Crippen LogP contribution in [0.2, 0.25) is 0 Å². The molecule has 0 aromatic carbocycles. The fourth-order valence-electron chi connectivity index (χ4n) is 10.9. The van der Waals surface area contributed by atoms with Crippen LogP contribution < -0.4 is 0 Å². The van der Waals surface area contributed by atoms with Crippen LogP contribution in [0.15, 0.2) is 11.6 Å². The maximum atomic E-state index is 12.6. The highest BCUT2D eigenvalue weighted by atomic mass is 16.3. The minimum atomic E-state index is -0.662. The fourth-order valence-corrected chi connectivity index (χ4v) is 10.9. The van der Waals surface area contributed by atoms with Crippen molar-refractivity contribution >= 4 is 6.29 Å². The zero-order chi connectivity index (χ0) is 24.2. The Morgan fingerprint density at radius 3 is 2.30 bits per heavy atom. The molecule has 2 N–H and O–H groups in total. The quantitative estimate of drug-likeness (QED) is 0.366. The van der Waals surface area contributed by atoms with E-state index in [1.54, 1.807) is 5.57 Å². The molecule has 0 amide bonds. The molecule has 4 fully saturated rings. The second-order valence-electron chi connectivity index (χ2n) is 14.6. The summed E-state index contributed by atoms with van der Waals surface area (Å²) < 4.78 is 0. The average molecular weight is 457 g/mol. The van der Waals surface area contributed by atoms with Crippen LogP contribution >= 0.6 is 0 Å². The van der Waals surface area contributed by atoms with Crippen molar-refractivity contribution in [2.45, 2.75) is 112 Å². The van der Waals surface area contributed by atoms with Crippen LogP contribution in [0, 0.1) is 56.7 Å². The number of carbonyl (C=O) groups excluding carboxylic acids is 1. The van der Waals surface area contributed by atoms with Crippen LogP contribution in [-0.4, -0.2) is 28.7 Å². The molecule has 186 valence electrons. The molecule has 0 heterocycles. The van der Waals surface area contributed by atoms with Crippen LogP contribution in [0.4, 0.5) is 0 Å². The van der Waals surface area contributed by atoms with E-state index in [0.29, 0.717) is 36.0 Å². The Balaban J connectivity index is 1.64. The van der Waals surface area contributed by atoms with Crippen LogP contribution in [-0.2, 0) is 4.79 Å². The van der Waals surface area contributed by atoms with Crippen molar-refractivity contribution in [2.24, 2.45) is 56.7 Å². The third-order valence-electron chi connectivity index (χ3n) is 13.1. The van der Waals surface area contributed by atoms with Crippen molar-refractivity contribution in [3.8, 4) is 0 Å². The first kappa shape index (κ1) is 24.0.